The maximum absolute atomic E-state index is 13.4. The zero-order valence-electron chi connectivity index (χ0n) is 17.3. The second-order valence-corrected chi connectivity index (χ2v) is 7.10. The number of carbonyl (C=O) groups excluding carboxylic acids is 1. The van der Waals surface area contributed by atoms with Gasteiger partial charge in [-0.05, 0) is 47.9 Å². The van der Waals surface area contributed by atoms with Crippen molar-refractivity contribution in [3.63, 3.8) is 0 Å². The van der Waals surface area contributed by atoms with Crippen molar-refractivity contribution in [2.45, 2.75) is 26.1 Å². The molecule has 0 fully saturated rings. The highest BCUT2D eigenvalue weighted by Crippen LogP contribution is 2.35. The number of H-pyrrole nitrogens is 1. The Hall–Kier alpha value is -3.75. The van der Waals surface area contributed by atoms with Crippen LogP contribution in [-0.4, -0.2) is 17.4 Å². The summed E-state index contributed by atoms with van der Waals surface area (Å²) in [5.74, 6) is -0.661. The molecule has 1 heterocycles. The van der Waals surface area contributed by atoms with Crippen LogP contribution in [0, 0.1) is 0 Å². The molecule has 0 spiro atoms. The number of hydrogen-bond acceptors (Lipinski definition) is 4. The van der Waals surface area contributed by atoms with Crippen molar-refractivity contribution in [2.75, 3.05) is 11.9 Å². The summed E-state index contributed by atoms with van der Waals surface area (Å²) in [6.45, 7) is 3.20. The van der Waals surface area contributed by atoms with Gasteiger partial charge >= 0.3 is 6.18 Å². The first-order valence-corrected chi connectivity index (χ1v) is 9.89. The van der Waals surface area contributed by atoms with Crippen molar-refractivity contribution in [1.82, 2.24) is 4.98 Å². The number of hydrogen-bond donors (Lipinski definition) is 3. The number of anilines is 1. The number of primary amides is 1. The molecular weight excluding hydrogens is 423 g/mol. The van der Waals surface area contributed by atoms with Crippen LogP contribution in [0.5, 0.6) is 5.75 Å². The highest BCUT2D eigenvalue weighted by molar-refractivity contribution is 5.94. The number of nitrogens with one attached hydrogen (secondary N) is 2. The zero-order valence-corrected chi connectivity index (χ0v) is 17.3. The summed E-state index contributed by atoms with van der Waals surface area (Å²) in [6, 6.07) is 14.5. The SMILES string of the molecule is CCCNc1cccc(COc2ccc(-c3cc(C(N)=O)c(=O)[nH]c3C(F)(F)F)cc2)c1. The lowest BCUT2D eigenvalue weighted by Crippen LogP contribution is -2.27. The van der Waals surface area contributed by atoms with Crippen LogP contribution in [0.1, 0.15) is 35.0 Å². The Kier molecular flexibility index (Phi) is 6.87. The molecule has 0 bridgehead atoms. The molecule has 1 amide bonds. The number of carbonyl (C=O) groups is 1. The molecule has 0 aliphatic heterocycles. The van der Waals surface area contributed by atoms with Crippen molar-refractivity contribution < 1.29 is 22.7 Å². The number of benzene rings is 2. The number of pyridine rings is 1. The standard InChI is InChI=1S/C23H22F3N3O3/c1-2-10-28-16-5-3-4-14(11-16)13-32-17-8-6-15(7-9-17)18-12-19(21(27)30)22(31)29-20(18)23(24,25)26/h3-9,11-12,28H,2,10,13H2,1H3,(H2,27,30)(H,29,31). The molecule has 2 aromatic carbocycles. The maximum Gasteiger partial charge on any atom is 0.431 e. The third kappa shape index (κ3) is 5.48. The van der Waals surface area contributed by atoms with E-state index in [9.17, 15) is 22.8 Å². The average Bonchev–Trinajstić information content (AvgIpc) is 2.76. The number of aromatic amines is 1. The Labute approximate surface area is 182 Å². The number of ether oxygens (including phenoxy) is 1. The van der Waals surface area contributed by atoms with Gasteiger partial charge in [0.15, 0.2) is 0 Å². The van der Waals surface area contributed by atoms with Gasteiger partial charge in [0.1, 0.15) is 23.6 Å². The molecule has 0 saturated heterocycles. The molecular formula is C23H22F3N3O3. The van der Waals surface area contributed by atoms with Gasteiger partial charge in [0.25, 0.3) is 11.5 Å². The number of aromatic nitrogens is 1. The molecule has 0 aliphatic carbocycles. The Balaban J connectivity index is 1.82. The Morgan fingerprint density at radius 1 is 1.12 bits per heavy atom. The highest BCUT2D eigenvalue weighted by Gasteiger charge is 2.36. The predicted octanol–water partition coefficient (Wildman–Crippen LogP) is 4.56. The van der Waals surface area contributed by atoms with Crippen LogP contribution >= 0.6 is 0 Å². The zero-order chi connectivity index (χ0) is 23.3. The molecule has 9 heteroatoms. The average molecular weight is 445 g/mol. The summed E-state index contributed by atoms with van der Waals surface area (Å²) in [6.07, 6.45) is -3.82. The number of nitrogens with two attached hydrogens (primary N) is 1. The van der Waals surface area contributed by atoms with E-state index in [-0.39, 0.29) is 17.7 Å². The molecule has 168 valence electrons. The molecule has 0 unspecified atom stereocenters. The van der Waals surface area contributed by atoms with E-state index in [4.69, 9.17) is 10.5 Å². The quantitative estimate of drug-likeness (QED) is 0.474. The highest BCUT2D eigenvalue weighted by atomic mass is 19.4. The van der Waals surface area contributed by atoms with Gasteiger partial charge in [0, 0.05) is 17.8 Å². The molecule has 32 heavy (non-hydrogen) atoms. The minimum absolute atomic E-state index is 0.147. The van der Waals surface area contributed by atoms with E-state index >= 15 is 0 Å². The summed E-state index contributed by atoms with van der Waals surface area (Å²) in [5.41, 5.74) is 3.82. The lowest BCUT2D eigenvalue weighted by molar-refractivity contribution is -0.140. The molecule has 3 rings (SSSR count). The van der Waals surface area contributed by atoms with E-state index in [1.807, 2.05) is 24.3 Å². The molecule has 4 N–H and O–H groups in total. The summed E-state index contributed by atoms with van der Waals surface area (Å²) in [5, 5.41) is 3.29. The third-order valence-corrected chi connectivity index (χ3v) is 4.67. The molecule has 0 saturated carbocycles. The summed E-state index contributed by atoms with van der Waals surface area (Å²) in [4.78, 5) is 24.9. The van der Waals surface area contributed by atoms with Gasteiger partial charge in [-0.25, -0.2) is 0 Å². The van der Waals surface area contributed by atoms with E-state index in [2.05, 4.69) is 12.2 Å². The van der Waals surface area contributed by atoms with E-state index in [0.29, 0.717) is 5.75 Å². The van der Waals surface area contributed by atoms with E-state index in [1.165, 1.54) is 24.3 Å². The minimum atomic E-state index is -4.82. The van der Waals surface area contributed by atoms with Gasteiger partial charge in [-0.2, -0.15) is 13.2 Å². The summed E-state index contributed by atoms with van der Waals surface area (Å²) >= 11 is 0. The monoisotopic (exact) mass is 445 g/mol. The second-order valence-electron chi connectivity index (χ2n) is 7.10. The Morgan fingerprint density at radius 2 is 1.84 bits per heavy atom. The lowest BCUT2D eigenvalue weighted by atomic mass is 10.0. The first kappa shape index (κ1) is 22.9. The Morgan fingerprint density at radius 3 is 2.47 bits per heavy atom. The van der Waals surface area contributed by atoms with Gasteiger partial charge in [-0.15, -0.1) is 0 Å². The van der Waals surface area contributed by atoms with Gasteiger partial charge < -0.3 is 20.8 Å². The fourth-order valence-corrected chi connectivity index (χ4v) is 3.10. The molecule has 1 aromatic heterocycles. The third-order valence-electron chi connectivity index (χ3n) is 4.67. The van der Waals surface area contributed by atoms with Crippen molar-refractivity contribution >= 4 is 11.6 Å². The van der Waals surface area contributed by atoms with Crippen molar-refractivity contribution in [1.29, 1.82) is 0 Å². The van der Waals surface area contributed by atoms with E-state index < -0.39 is 28.9 Å². The molecule has 0 atom stereocenters. The topological polar surface area (TPSA) is 97.2 Å². The van der Waals surface area contributed by atoms with E-state index in [1.54, 1.807) is 4.98 Å². The normalized spacial score (nSPS) is 11.2. The van der Waals surface area contributed by atoms with Crippen molar-refractivity contribution in [3.8, 4) is 16.9 Å². The van der Waals surface area contributed by atoms with Crippen LogP contribution in [0.25, 0.3) is 11.1 Å². The number of alkyl halides is 3. The fourth-order valence-electron chi connectivity index (χ4n) is 3.10. The maximum atomic E-state index is 13.4. The van der Waals surface area contributed by atoms with Gasteiger partial charge in [-0.3, -0.25) is 9.59 Å². The second kappa shape index (κ2) is 9.59. The largest absolute Gasteiger partial charge is 0.489 e. The molecule has 0 radical (unpaired) electrons. The number of halogens is 3. The predicted molar refractivity (Wildman–Crippen MR) is 116 cm³/mol. The van der Waals surface area contributed by atoms with Crippen LogP contribution in [0.15, 0.2) is 59.4 Å². The van der Waals surface area contributed by atoms with Crippen LogP contribution < -0.4 is 21.3 Å². The van der Waals surface area contributed by atoms with Crippen LogP contribution in [0.2, 0.25) is 0 Å². The molecule has 3 aromatic rings. The first-order valence-electron chi connectivity index (χ1n) is 9.89. The van der Waals surface area contributed by atoms with E-state index in [0.717, 1.165) is 30.3 Å². The van der Waals surface area contributed by atoms with Crippen LogP contribution in [-0.2, 0) is 12.8 Å². The van der Waals surface area contributed by atoms with Crippen LogP contribution in [0.4, 0.5) is 18.9 Å². The summed E-state index contributed by atoms with van der Waals surface area (Å²) < 4.78 is 46.0. The smallest absolute Gasteiger partial charge is 0.431 e. The summed E-state index contributed by atoms with van der Waals surface area (Å²) in [7, 11) is 0. The van der Waals surface area contributed by atoms with Crippen LogP contribution in [0.3, 0.4) is 0 Å². The van der Waals surface area contributed by atoms with Crippen molar-refractivity contribution in [2.24, 2.45) is 5.73 Å². The van der Waals surface area contributed by atoms with Gasteiger partial charge in [-0.1, -0.05) is 31.2 Å². The molecule has 0 aliphatic rings. The number of rotatable bonds is 8. The molecule has 6 nitrogen and oxygen atoms in total. The Bertz CT molecular complexity index is 1160. The number of amides is 1. The van der Waals surface area contributed by atoms with Gasteiger partial charge in [0.2, 0.25) is 0 Å². The fraction of sp³-hybridized carbons (Fsp3) is 0.217. The van der Waals surface area contributed by atoms with Crippen molar-refractivity contribution in [3.05, 3.63) is 81.8 Å². The van der Waals surface area contributed by atoms with Gasteiger partial charge in [0.05, 0.1) is 0 Å². The minimum Gasteiger partial charge on any atom is -0.489 e. The first-order chi connectivity index (χ1) is 15.2. The lowest BCUT2D eigenvalue weighted by Gasteiger charge is -2.14.